The van der Waals surface area contributed by atoms with E-state index in [9.17, 15) is 4.79 Å². The van der Waals surface area contributed by atoms with Crippen LogP contribution in [0.15, 0.2) is 4.52 Å². The molecule has 0 aliphatic carbocycles. The molecule has 7 nitrogen and oxygen atoms in total. The van der Waals surface area contributed by atoms with E-state index in [2.05, 4.69) is 33.8 Å². The van der Waals surface area contributed by atoms with Crippen molar-refractivity contribution in [2.75, 3.05) is 39.3 Å². The van der Waals surface area contributed by atoms with Crippen molar-refractivity contribution in [1.82, 2.24) is 24.8 Å². The minimum Gasteiger partial charge on any atom is -0.340 e. The Morgan fingerprint density at radius 3 is 2.68 bits per heavy atom. The lowest BCUT2D eigenvalue weighted by atomic mass is 10.0. The van der Waals surface area contributed by atoms with Crippen LogP contribution < -0.4 is 0 Å². The third kappa shape index (κ3) is 4.58. The van der Waals surface area contributed by atoms with Crippen molar-refractivity contribution in [3.05, 3.63) is 11.7 Å². The van der Waals surface area contributed by atoms with Gasteiger partial charge in [0.15, 0.2) is 5.82 Å². The van der Waals surface area contributed by atoms with Gasteiger partial charge in [-0.3, -0.25) is 14.6 Å². The molecule has 3 rings (SSSR count). The molecule has 2 aliphatic rings. The topological polar surface area (TPSA) is 65.7 Å². The van der Waals surface area contributed by atoms with Crippen LogP contribution in [0.3, 0.4) is 0 Å². The number of unbranched alkanes of at least 4 members (excludes halogenated alkanes) is 1. The number of hydrogen-bond donors (Lipinski definition) is 0. The van der Waals surface area contributed by atoms with E-state index in [4.69, 9.17) is 4.52 Å². The van der Waals surface area contributed by atoms with E-state index in [1.165, 1.54) is 0 Å². The number of carbonyl (C=O) groups excluding carboxylic acids is 1. The molecule has 1 aromatic heterocycles. The van der Waals surface area contributed by atoms with E-state index in [1.54, 1.807) is 6.92 Å². The van der Waals surface area contributed by atoms with E-state index in [0.29, 0.717) is 12.0 Å². The lowest BCUT2D eigenvalue weighted by molar-refractivity contribution is -0.130. The third-order valence-corrected chi connectivity index (χ3v) is 5.50. The Balaban J connectivity index is 1.50. The molecule has 0 radical (unpaired) electrons. The molecule has 0 aromatic carbocycles. The molecule has 0 spiro atoms. The highest BCUT2D eigenvalue weighted by atomic mass is 16.5. The maximum absolute atomic E-state index is 11.5. The fourth-order valence-electron chi connectivity index (χ4n) is 4.00. The fourth-order valence-corrected chi connectivity index (χ4v) is 4.00. The lowest BCUT2D eigenvalue weighted by Crippen LogP contribution is -2.53. The summed E-state index contributed by atoms with van der Waals surface area (Å²) in [5, 5.41) is 4.14. The Kier molecular flexibility index (Phi) is 6.06. The molecule has 1 amide bonds. The normalized spacial score (nSPS) is 25.6. The number of hydrogen-bond acceptors (Lipinski definition) is 6. The monoisotopic (exact) mass is 349 g/mol. The lowest BCUT2D eigenvalue weighted by Gasteiger charge is -2.39. The van der Waals surface area contributed by atoms with E-state index >= 15 is 0 Å². The van der Waals surface area contributed by atoms with Gasteiger partial charge in [-0.15, -0.1) is 0 Å². The summed E-state index contributed by atoms with van der Waals surface area (Å²) in [5.74, 6) is 2.38. The Labute approximate surface area is 150 Å². The van der Waals surface area contributed by atoms with Crippen molar-refractivity contribution in [3.63, 3.8) is 0 Å². The van der Waals surface area contributed by atoms with Crippen LogP contribution in [0.4, 0.5) is 0 Å². The number of likely N-dealkylation sites (tertiary alicyclic amines) is 1. The van der Waals surface area contributed by atoms with Gasteiger partial charge >= 0.3 is 0 Å². The number of carbonyl (C=O) groups is 1. The van der Waals surface area contributed by atoms with Gasteiger partial charge in [-0.05, 0) is 12.3 Å². The van der Waals surface area contributed by atoms with Crippen molar-refractivity contribution in [1.29, 1.82) is 0 Å². The first-order valence-corrected chi connectivity index (χ1v) is 9.60. The smallest absolute Gasteiger partial charge is 0.226 e. The maximum Gasteiger partial charge on any atom is 0.226 e. The summed E-state index contributed by atoms with van der Waals surface area (Å²) in [6.45, 7) is 12.7. The van der Waals surface area contributed by atoms with Gasteiger partial charge in [-0.25, -0.2) is 0 Å². The van der Waals surface area contributed by atoms with Gasteiger partial charge in [0.05, 0.1) is 6.54 Å². The highest BCUT2D eigenvalue weighted by molar-refractivity contribution is 5.73. The van der Waals surface area contributed by atoms with E-state index < -0.39 is 0 Å². The summed E-state index contributed by atoms with van der Waals surface area (Å²) in [4.78, 5) is 22.9. The van der Waals surface area contributed by atoms with Crippen LogP contribution in [-0.4, -0.2) is 76.1 Å². The molecule has 2 atom stereocenters. The van der Waals surface area contributed by atoms with Crippen LogP contribution >= 0.6 is 0 Å². The summed E-state index contributed by atoms with van der Waals surface area (Å²) < 4.78 is 5.35. The first kappa shape index (κ1) is 18.3. The Morgan fingerprint density at radius 1 is 1.24 bits per heavy atom. The van der Waals surface area contributed by atoms with Crippen LogP contribution in [0.25, 0.3) is 0 Å². The molecule has 0 N–H and O–H groups in total. The highest BCUT2D eigenvalue weighted by Crippen LogP contribution is 2.24. The first-order valence-electron chi connectivity index (χ1n) is 9.60. The van der Waals surface area contributed by atoms with Gasteiger partial charge in [0, 0.05) is 58.7 Å². The molecule has 0 bridgehead atoms. The van der Waals surface area contributed by atoms with Crippen LogP contribution in [0.5, 0.6) is 0 Å². The van der Waals surface area contributed by atoms with Gasteiger partial charge in [-0.2, -0.15) is 4.98 Å². The van der Waals surface area contributed by atoms with Gasteiger partial charge in [0.2, 0.25) is 11.8 Å². The molecule has 7 heteroatoms. The SMILES string of the molecule is CCCCc1nc(CN2C[C@H](C)[C@@H](N3CCN(C(C)=O)CC3)C2)no1. The predicted octanol–water partition coefficient (Wildman–Crippen LogP) is 1.40. The van der Waals surface area contributed by atoms with Crippen LogP contribution in [0, 0.1) is 5.92 Å². The third-order valence-electron chi connectivity index (χ3n) is 5.50. The maximum atomic E-state index is 11.5. The second kappa shape index (κ2) is 8.27. The van der Waals surface area contributed by atoms with Crippen molar-refractivity contribution >= 4 is 5.91 Å². The number of piperazine rings is 1. The van der Waals surface area contributed by atoms with Crippen molar-refractivity contribution in [2.45, 2.75) is 52.6 Å². The minimum atomic E-state index is 0.191. The quantitative estimate of drug-likeness (QED) is 0.773. The molecule has 2 aliphatic heterocycles. The molecule has 2 fully saturated rings. The zero-order chi connectivity index (χ0) is 17.8. The summed E-state index contributed by atoms with van der Waals surface area (Å²) in [5.41, 5.74) is 0. The summed E-state index contributed by atoms with van der Waals surface area (Å²) in [7, 11) is 0. The number of nitrogens with zero attached hydrogens (tertiary/aromatic N) is 5. The standard InChI is InChI=1S/C18H31N5O2/c1-4-5-6-18-19-17(20-25-18)13-21-11-14(2)16(12-21)23-9-7-22(8-10-23)15(3)24/h14,16H,4-13H2,1-3H3/t14-,16-/m0/s1. The number of aromatic nitrogens is 2. The largest absolute Gasteiger partial charge is 0.340 e. The van der Waals surface area contributed by atoms with Gasteiger partial charge < -0.3 is 9.42 Å². The first-order chi connectivity index (χ1) is 12.1. The zero-order valence-electron chi connectivity index (χ0n) is 15.8. The molecule has 0 saturated carbocycles. The number of rotatable bonds is 6. The summed E-state index contributed by atoms with van der Waals surface area (Å²) in [6, 6.07) is 0.556. The van der Waals surface area contributed by atoms with Crippen molar-refractivity contribution in [3.8, 4) is 0 Å². The summed E-state index contributed by atoms with van der Waals surface area (Å²) >= 11 is 0. The minimum absolute atomic E-state index is 0.191. The molecule has 3 heterocycles. The molecule has 140 valence electrons. The van der Waals surface area contributed by atoms with E-state index in [-0.39, 0.29) is 5.91 Å². The van der Waals surface area contributed by atoms with Gasteiger partial charge in [0.25, 0.3) is 0 Å². The average Bonchev–Trinajstić information content (AvgIpc) is 3.19. The molecule has 2 saturated heterocycles. The average molecular weight is 349 g/mol. The molecule has 25 heavy (non-hydrogen) atoms. The number of amides is 1. The van der Waals surface area contributed by atoms with Crippen LogP contribution in [0.2, 0.25) is 0 Å². The molecule has 1 aromatic rings. The second-order valence-corrected chi connectivity index (χ2v) is 7.49. The fraction of sp³-hybridized carbons (Fsp3) is 0.833. The second-order valence-electron chi connectivity index (χ2n) is 7.49. The zero-order valence-corrected chi connectivity index (χ0v) is 15.8. The van der Waals surface area contributed by atoms with Gasteiger partial charge in [-0.1, -0.05) is 25.4 Å². The number of aryl methyl sites for hydroxylation is 1. The van der Waals surface area contributed by atoms with Crippen LogP contribution in [-0.2, 0) is 17.8 Å². The molecular weight excluding hydrogens is 318 g/mol. The van der Waals surface area contributed by atoms with E-state index in [1.807, 2.05) is 4.90 Å². The van der Waals surface area contributed by atoms with Crippen molar-refractivity contribution in [2.24, 2.45) is 5.92 Å². The molecule has 0 unspecified atom stereocenters. The summed E-state index contributed by atoms with van der Waals surface area (Å²) in [6.07, 6.45) is 3.11. The predicted molar refractivity (Wildman–Crippen MR) is 95.0 cm³/mol. The Hall–Kier alpha value is -1.47. The Bertz CT molecular complexity index is 568. The van der Waals surface area contributed by atoms with Crippen LogP contribution in [0.1, 0.15) is 45.3 Å². The highest BCUT2D eigenvalue weighted by Gasteiger charge is 2.35. The van der Waals surface area contributed by atoms with Crippen molar-refractivity contribution < 1.29 is 9.32 Å². The van der Waals surface area contributed by atoms with E-state index in [0.717, 1.165) is 76.8 Å². The molecular formula is C18H31N5O2. The van der Waals surface area contributed by atoms with Gasteiger partial charge in [0.1, 0.15) is 0 Å². The Morgan fingerprint density at radius 2 is 2.00 bits per heavy atom.